The summed E-state index contributed by atoms with van der Waals surface area (Å²) in [7, 11) is 2.19. The number of nitrogens with one attached hydrogen (secondary N) is 2. The van der Waals surface area contributed by atoms with Crippen LogP contribution in [-0.2, 0) is 13.0 Å². The number of halogens is 1. The van der Waals surface area contributed by atoms with Gasteiger partial charge in [-0.1, -0.05) is 6.07 Å². The maximum absolute atomic E-state index is 3.65. The largest absolute Gasteiger partial charge is 0.381 e. The third-order valence-electron chi connectivity index (χ3n) is 3.85. The van der Waals surface area contributed by atoms with Crippen molar-refractivity contribution < 1.29 is 0 Å². The van der Waals surface area contributed by atoms with E-state index in [9.17, 15) is 0 Å². The molecule has 100 valence electrons. The highest BCUT2D eigenvalue weighted by Crippen LogP contribution is 2.21. The van der Waals surface area contributed by atoms with Gasteiger partial charge in [-0.2, -0.15) is 0 Å². The van der Waals surface area contributed by atoms with Crippen LogP contribution in [0.5, 0.6) is 0 Å². The van der Waals surface area contributed by atoms with Gasteiger partial charge in [-0.3, -0.25) is 0 Å². The number of benzene rings is 1. The molecule has 1 fully saturated rings. The van der Waals surface area contributed by atoms with Crippen LogP contribution in [0.2, 0.25) is 0 Å². The molecule has 2 N–H and O–H groups in total. The summed E-state index contributed by atoms with van der Waals surface area (Å²) in [6.07, 6.45) is 2.42. The van der Waals surface area contributed by atoms with Crippen LogP contribution in [0, 0.1) is 0 Å². The summed E-state index contributed by atoms with van der Waals surface area (Å²) in [5.41, 5.74) is 4.26. The summed E-state index contributed by atoms with van der Waals surface area (Å²) >= 11 is 0. The van der Waals surface area contributed by atoms with Crippen molar-refractivity contribution >= 4 is 18.1 Å². The van der Waals surface area contributed by atoms with Crippen molar-refractivity contribution in [1.29, 1.82) is 0 Å². The molecule has 0 aliphatic carbocycles. The molecule has 2 heterocycles. The molecule has 3 nitrogen and oxygen atoms in total. The number of rotatable bonds is 2. The standard InChI is InChI=1S/C14H21N3.ClH/c1-17-7-5-14(10-17)16-13-3-2-11-4-6-15-9-12(11)8-13;/h2-3,8,14-16H,4-7,9-10H2,1H3;1H. The Morgan fingerprint density at radius 2 is 2.22 bits per heavy atom. The lowest BCUT2D eigenvalue weighted by Crippen LogP contribution is -2.25. The van der Waals surface area contributed by atoms with E-state index in [1.54, 1.807) is 0 Å². The first-order chi connectivity index (χ1) is 8.31. The van der Waals surface area contributed by atoms with E-state index in [1.807, 2.05) is 0 Å². The van der Waals surface area contributed by atoms with Gasteiger partial charge in [0, 0.05) is 24.8 Å². The van der Waals surface area contributed by atoms with Crippen molar-refractivity contribution in [3.8, 4) is 0 Å². The maximum atomic E-state index is 3.65. The Hall–Kier alpha value is -0.770. The van der Waals surface area contributed by atoms with Gasteiger partial charge in [0.15, 0.2) is 0 Å². The molecule has 1 saturated heterocycles. The van der Waals surface area contributed by atoms with E-state index in [4.69, 9.17) is 0 Å². The predicted octanol–water partition coefficient (Wildman–Crippen LogP) is 1.87. The smallest absolute Gasteiger partial charge is 0.0400 e. The minimum atomic E-state index is 0. The number of hydrogen-bond acceptors (Lipinski definition) is 3. The first-order valence-corrected chi connectivity index (χ1v) is 6.59. The molecule has 2 aliphatic heterocycles. The molecule has 3 rings (SSSR count). The topological polar surface area (TPSA) is 27.3 Å². The van der Waals surface area contributed by atoms with Crippen LogP contribution in [0.4, 0.5) is 5.69 Å². The summed E-state index contributed by atoms with van der Waals surface area (Å²) in [4.78, 5) is 2.39. The minimum Gasteiger partial charge on any atom is -0.381 e. The zero-order valence-electron chi connectivity index (χ0n) is 10.9. The van der Waals surface area contributed by atoms with Gasteiger partial charge in [0.25, 0.3) is 0 Å². The Morgan fingerprint density at radius 1 is 1.33 bits per heavy atom. The van der Waals surface area contributed by atoms with Gasteiger partial charge in [0.05, 0.1) is 0 Å². The van der Waals surface area contributed by atoms with E-state index in [2.05, 4.69) is 40.8 Å². The summed E-state index contributed by atoms with van der Waals surface area (Å²) in [5.74, 6) is 0. The van der Waals surface area contributed by atoms with E-state index in [0.29, 0.717) is 6.04 Å². The first-order valence-electron chi connectivity index (χ1n) is 6.59. The quantitative estimate of drug-likeness (QED) is 0.857. The van der Waals surface area contributed by atoms with Crippen LogP contribution in [0.1, 0.15) is 17.5 Å². The van der Waals surface area contributed by atoms with Crippen molar-refractivity contribution in [2.24, 2.45) is 0 Å². The Balaban J connectivity index is 0.00000120. The van der Waals surface area contributed by atoms with Gasteiger partial charge in [-0.25, -0.2) is 0 Å². The second-order valence-electron chi connectivity index (χ2n) is 5.30. The number of anilines is 1. The van der Waals surface area contributed by atoms with E-state index in [1.165, 1.54) is 36.2 Å². The number of likely N-dealkylation sites (tertiary alicyclic amines) is 1. The van der Waals surface area contributed by atoms with Crippen LogP contribution in [-0.4, -0.2) is 37.6 Å². The number of likely N-dealkylation sites (N-methyl/N-ethyl adjacent to an activating group) is 1. The highest BCUT2D eigenvalue weighted by atomic mass is 35.5. The molecule has 18 heavy (non-hydrogen) atoms. The molecule has 4 heteroatoms. The number of hydrogen-bond donors (Lipinski definition) is 2. The van der Waals surface area contributed by atoms with Crippen LogP contribution >= 0.6 is 12.4 Å². The molecule has 0 bridgehead atoms. The normalized spacial score (nSPS) is 23.3. The molecule has 1 aromatic rings. The molecule has 1 unspecified atom stereocenters. The summed E-state index contributed by atoms with van der Waals surface area (Å²) in [6, 6.07) is 7.47. The fourth-order valence-corrected chi connectivity index (χ4v) is 2.86. The number of nitrogens with zero attached hydrogens (tertiary/aromatic N) is 1. The molecule has 0 saturated carbocycles. The zero-order chi connectivity index (χ0) is 11.7. The zero-order valence-corrected chi connectivity index (χ0v) is 11.7. The maximum Gasteiger partial charge on any atom is 0.0400 e. The van der Waals surface area contributed by atoms with Crippen molar-refractivity contribution in [3.05, 3.63) is 29.3 Å². The fraction of sp³-hybridized carbons (Fsp3) is 0.571. The lowest BCUT2D eigenvalue weighted by Gasteiger charge is -2.20. The third-order valence-corrected chi connectivity index (χ3v) is 3.85. The molecule has 2 aliphatic rings. The Morgan fingerprint density at radius 3 is 3.00 bits per heavy atom. The lowest BCUT2D eigenvalue weighted by molar-refractivity contribution is 0.414. The molecule has 0 aromatic heterocycles. The predicted molar refractivity (Wildman–Crippen MR) is 78.6 cm³/mol. The van der Waals surface area contributed by atoms with E-state index < -0.39 is 0 Å². The van der Waals surface area contributed by atoms with E-state index in [0.717, 1.165) is 19.6 Å². The summed E-state index contributed by atoms with van der Waals surface area (Å²) in [6.45, 7) is 4.52. The Kier molecular flexibility index (Phi) is 4.49. The molecular formula is C14H22ClN3. The van der Waals surface area contributed by atoms with Crippen molar-refractivity contribution in [2.45, 2.75) is 25.4 Å². The molecule has 1 atom stereocenters. The van der Waals surface area contributed by atoms with Crippen molar-refractivity contribution in [3.63, 3.8) is 0 Å². The van der Waals surface area contributed by atoms with Crippen LogP contribution in [0.3, 0.4) is 0 Å². The van der Waals surface area contributed by atoms with Gasteiger partial charge >= 0.3 is 0 Å². The highest BCUT2D eigenvalue weighted by Gasteiger charge is 2.19. The molecule has 0 amide bonds. The third kappa shape index (κ3) is 2.97. The first kappa shape index (κ1) is 13.7. The number of fused-ring (bicyclic) bond motifs is 1. The summed E-state index contributed by atoms with van der Waals surface area (Å²) in [5, 5.41) is 7.08. The molecule has 0 spiro atoms. The Labute approximate surface area is 115 Å². The highest BCUT2D eigenvalue weighted by molar-refractivity contribution is 5.85. The molecule has 1 aromatic carbocycles. The second kappa shape index (κ2) is 5.91. The van der Waals surface area contributed by atoms with Gasteiger partial charge in [0.2, 0.25) is 0 Å². The second-order valence-corrected chi connectivity index (χ2v) is 5.30. The SMILES string of the molecule is CN1CCC(Nc2ccc3c(c2)CNCC3)C1.Cl. The van der Waals surface area contributed by atoms with Crippen molar-refractivity contribution in [2.75, 3.05) is 32.0 Å². The lowest BCUT2D eigenvalue weighted by atomic mass is 10.0. The van der Waals surface area contributed by atoms with E-state index >= 15 is 0 Å². The van der Waals surface area contributed by atoms with Gasteiger partial charge in [-0.05, 0) is 56.2 Å². The minimum absolute atomic E-state index is 0. The van der Waals surface area contributed by atoms with Gasteiger partial charge in [-0.15, -0.1) is 12.4 Å². The van der Waals surface area contributed by atoms with Gasteiger partial charge < -0.3 is 15.5 Å². The van der Waals surface area contributed by atoms with Crippen LogP contribution in [0.25, 0.3) is 0 Å². The average Bonchev–Trinajstić information content (AvgIpc) is 2.75. The Bertz CT molecular complexity index is 408. The van der Waals surface area contributed by atoms with Crippen LogP contribution in [0.15, 0.2) is 18.2 Å². The summed E-state index contributed by atoms with van der Waals surface area (Å²) < 4.78 is 0. The van der Waals surface area contributed by atoms with E-state index in [-0.39, 0.29) is 12.4 Å². The molecular weight excluding hydrogens is 246 g/mol. The fourth-order valence-electron chi connectivity index (χ4n) is 2.86. The van der Waals surface area contributed by atoms with Crippen LogP contribution < -0.4 is 10.6 Å². The van der Waals surface area contributed by atoms with Gasteiger partial charge in [0.1, 0.15) is 0 Å². The molecule has 0 radical (unpaired) electrons. The monoisotopic (exact) mass is 267 g/mol. The van der Waals surface area contributed by atoms with Crippen molar-refractivity contribution in [1.82, 2.24) is 10.2 Å². The average molecular weight is 268 g/mol.